The minimum Gasteiger partial charge on any atom is -0.497 e. The number of benzene rings is 5. The highest BCUT2D eigenvalue weighted by Gasteiger charge is 2.11. The molecule has 2 heteroatoms. The van der Waals surface area contributed by atoms with E-state index in [1.807, 2.05) is 0 Å². The molecule has 5 aromatic rings. The number of methoxy groups -OCH3 is 2. The Morgan fingerprint density at radius 3 is 1.40 bits per heavy atom. The summed E-state index contributed by atoms with van der Waals surface area (Å²) in [5.74, 6) is 1.72. The van der Waals surface area contributed by atoms with E-state index < -0.39 is 0 Å². The lowest BCUT2D eigenvalue weighted by atomic mass is 9.93. The van der Waals surface area contributed by atoms with Gasteiger partial charge in [0.05, 0.1) is 14.2 Å². The highest BCUT2D eigenvalue weighted by atomic mass is 16.5. The Balaban J connectivity index is 1.74. The van der Waals surface area contributed by atoms with E-state index in [2.05, 4.69) is 97.1 Å². The van der Waals surface area contributed by atoms with E-state index in [9.17, 15) is 0 Å². The molecule has 5 aromatic carbocycles. The minimum absolute atomic E-state index is 0.862. The molecule has 0 fully saturated rings. The van der Waals surface area contributed by atoms with E-state index in [-0.39, 0.29) is 0 Å². The minimum atomic E-state index is 0.862. The van der Waals surface area contributed by atoms with Crippen LogP contribution in [-0.2, 0) is 0 Å². The van der Waals surface area contributed by atoms with Crippen LogP contribution in [0.15, 0.2) is 97.1 Å². The van der Waals surface area contributed by atoms with Crippen LogP contribution in [0, 0.1) is 0 Å². The summed E-state index contributed by atoms with van der Waals surface area (Å²) in [5.41, 5.74) is 4.65. The van der Waals surface area contributed by atoms with Crippen LogP contribution in [-0.4, -0.2) is 14.2 Å². The zero-order valence-corrected chi connectivity index (χ0v) is 17.1. The Labute approximate surface area is 176 Å². The van der Waals surface area contributed by atoms with Crippen LogP contribution < -0.4 is 9.47 Å². The van der Waals surface area contributed by atoms with Gasteiger partial charge in [-0.1, -0.05) is 66.7 Å². The van der Waals surface area contributed by atoms with Gasteiger partial charge >= 0.3 is 0 Å². The lowest BCUT2D eigenvalue weighted by molar-refractivity contribution is 0.415. The third kappa shape index (κ3) is 3.17. The molecule has 0 spiro atoms. The first-order valence-electron chi connectivity index (χ1n) is 10.0. The highest BCUT2D eigenvalue weighted by molar-refractivity contribution is 6.01. The quantitative estimate of drug-likeness (QED) is 0.319. The Morgan fingerprint density at radius 1 is 0.467 bits per heavy atom. The van der Waals surface area contributed by atoms with Crippen molar-refractivity contribution < 1.29 is 9.47 Å². The van der Waals surface area contributed by atoms with Crippen molar-refractivity contribution in [2.24, 2.45) is 0 Å². The van der Waals surface area contributed by atoms with Crippen molar-refractivity contribution in [3.63, 3.8) is 0 Å². The number of rotatable bonds is 4. The molecule has 0 aliphatic heterocycles. The molecule has 0 amide bonds. The molecule has 0 aliphatic carbocycles. The third-order valence-corrected chi connectivity index (χ3v) is 5.63. The Morgan fingerprint density at radius 2 is 0.933 bits per heavy atom. The fraction of sp³-hybridized carbons (Fsp3) is 0.0714. The molecule has 0 radical (unpaired) electrons. The van der Waals surface area contributed by atoms with Crippen LogP contribution in [0.4, 0.5) is 0 Å². The van der Waals surface area contributed by atoms with E-state index in [1.165, 1.54) is 32.7 Å². The lowest BCUT2D eigenvalue weighted by Crippen LogP contribution is -1.89. The standard InChI is InChI=1S/C28H22O2/c1-29-23-15-21-8-3-5-12-25(21)27(17-23)19-10-7-11-20(14-19)28-18-24(30-2)16-22-9-4-6-13-26(22)28/h3-18H,1-2H3. The van der Waals surface area contributed by atoms with Crippen molar-refractivity contribution in [2.45, 2.75) is 0 Å². The predicted octanol–water partition coefficient (Wildman–Crippen LogP) is 7.34. The maximum atomic E-state index is 5.57. The fourth-order valence-corrected chi connectivity index (χ4v) is 4.13. The largest absolute Gasteiger partial charge is 0.497 e. The molecule has 0 saturated carbocycles. The van der Waals surface area contributed by atoms with Crippen molar-refractivity contribution in [2.75, 3.05) is 14.2 Å². The molecule has 0 bridgehead atoms. The van der Waals surface area contributed by atoms with E-state index in [0.29, 0.717) is 0 Å². The average molecular weight is 390 g/mol. The molecule has 0 aromatic heterocycles. The smallest absolute Gasteiger partial charge is 0.120 e. The maximum absolute atomic E-state index is 5.57. The number of hydrogen-bond acceptors (Lipinski definition) is 2. The van der Waals surface area contributed by atoms with Crippen LogP contribution >= 0.6 is 0 Å². The molecule has 0 aliphatic rings. The molecule has 0 heterocycles. The van der Waals surface area contributed by atoms with Crippen LogP contribution in [0.3, 0.4) is 0 Å². The molecule has 5 rings (SSSR count). The summed E-state index contributed by atoms with van der Waals surface area (Å²) in [4.78, 5) is 0. The molecule has 0 saturated heterocycles. The van der Waals surface area contributed by atoms with Crippen molar-refractivity contribution in [1.29, 1.82) is 0 Å². The van der Waals surface area contributed by atoms with Gasteiger partial charge in [-0.25, -0.2) is 0 Å². The summed E-state index contributed by atoms with van der Waals surface area (Å²) in [7, 11) is 3.43. The van der Waals surface area contributed by atoms with Gasteiger partial charge in [-0.3, -0.25) is 0 Å². The second kappa shape index (κ2) is 7.57. The maximum Gasteiger partial charge on any atom is 0.120 e. The first kappa shape index (κ1) is 18.3. The van der Waals surface area contributed by atoms with Crippen LogP contribution in [0.25, 0.3) is 43.8 Å². The van der Waals surface area contributed by atoms with Crippen LogP contribution in [0.1, 0.15) is 0 Å². The highest BCUT2D eigenvalue weighted by Crippen LogP contribution is 2.37. The van der Waals surface area contributed by atoms with Crippen LogP contribution in [0.5, 0.6) is 11.5 Å². The van der Waals surface area contributed by atoms with Crippen molar-refractivity contribution in [3.8, 4) is 33.8 Å². The van der Waals surface area contributed by atoms with Gasteiger partial charge in [-0.2, -0.15) is 0 Å². The van der Waals surface area contributed by atoms with Crippen LogP contribution in [0.2, 0.25) is 0 Å². The topological polar surface area (TPSA) is 18.5 Å². The molecule has 2 nitrogen and oxygen atoms in total. The normalized spacial score (nSPS) is 11.0. The first-order valence-corrected chi connectivity index (χ1v) is 10.0. The van der Waals surface area contributed by atoms with Gasteiger partial charge in [-0.15, -0.1) is 0 Å². The summed E-state index contributed by atoms with van der Waals surface area (Å²) < 4.78 is 11.1. The van der Waals surface area contributed by atoms with E-state index in [4.69, 9.17) is 9.47 Å². The molecule has 0 unspecified atom stereocenters. The van der Waals surface area contributed by atoms with Gasteiger partial charge in [-0.05, 0) is 74.1 Å². The molecular weight excluding hydrogens is 368 g/mol. The summed E-state index contributed by atoms with van der Waals surface area (Å²) in [6.07, 6.45) is 0. The zero-order valence-electron chi connectivity index (χ0n) is 17.1. The van der Waals surface area contributed by atoms with Gasteiger partial charge in [0.2, 0.25) is 0 Å². The summed E-state index contributed by atoms with van der Waals surface area (Å²) in [5, 5.41) is 4.77. The Hall–Kier alpha value is -3.78. The molecule has 146 valence electrons. The molecule has 0 N–H and O–H groups in total. The van der Waals surface area contributed by atoms with Gasteiger partial charge in [0.1, 0.15) is 11.5 Å². The first-order chi connectivity index (χ1) is 14.8. The monoisotopic (exact) mass is 390 g/mol. The third-order valence-electron chi connectivity index (χ3n) is 5.63. The van der Waals surface area contributed by atoms with E-state index in [0.717, 1.165) is 22.6 Å². The lowest BCUT2D eigenvalue weighted by Gasteiger charge is -2.13. The van der Waals surface area contributed by atoms with Gasteiger partial charge in [0, 0.05) is 0 Å². The Kier molecular flexibility index (Phi) is 4.61. The number of fused-ring (bicyclic) bond motifs is 2. The fourth-order valence-electron chi connectivity index (χ4n) is 4.13. The molecule has 30 heavy (non-hydrogen) atoms. The second-order valence-electron chi connectivity index (χ2n) is 7.37. The van der Waals surface area contributed by atoms with E-state index in [1.54, 1.807) is 14.2 Å². The van der Waals surface area contributed by atoms with Gasteiger partial charge in [0.15, 0.2) is 0 Å². The van der Waals surface area contributed by atoms with Gasteiger partial charge in [0.25, 0.3) is 0 Å². The zero-order chi connectivity index (χ0) is 20.5. The molecular formula is C28H22O2. The number of hydrogen-bond donors (Lipinski definition) is 0. The summed E-state index contributed by atoms with van der Waals surface area (Å²) in [6, 6.07) is 33.9. The van der Waals surface area contributed by atoms with Crippen molar-refractivity contribution in [3.05, 3.63) is 97.1 Å². The Bertz CT molecular complexity index is 1270. The SMILES string of the molecule is COc1cc(-c2cccc(-c3cc(OC)cc4ccccc34)c2)c2ccccc2c1. The summed E-state index contributed by atoms with van der Waals surface area (Å²) in [6.45, 7) is 0. The van der Waals surface area contributed by atoms with Crippen molar-refractivity contribution in [1.82, 2.24) is 0 Å². The molecule has 0 atom stereocenters. The summed E-state index contributed by atoms with van der Waals surface area (Å²) >= 11 is 0. The van der Waals surface area contributed by atoms with Crippen molar-refractivity contribution >= 4 is 21.5 Å². The second-order valence-corrected chi connectivity index (χ2v) is 7.37. The van der Waals surface area contributed by atoms with E-state index >= 15 is 0 Å². The predicted molar refractivity (Wildman–Crippen MR) is 125 cm³/mol. The average Bonchev–Trinajstić information content (AvgIpc) is 2.82. The van der Waals surface area contributed by atoms with Gasteiger partial charge < -0.3 is 9.47 Å². The number of ether oxygens (including phenoxy) is 2.